The first-order valence-electron chi connectivity index (χ1n) is 9.26. The van der Waals surface area contributed by atoms with Gasteiger partial charge in [0.25, 0.3) is 5.91 Å². The molecular formula is C22H24N2OS. The van der Waals surface area contributed by atoms with Gasteiger partial charge in [-0.1, -0.05) is 48.5 Å². The molecule has 134 valence electrons. The summed E-state index contributed by atoms with van der Waals surface area (Å²) in [5.41, 5.74) is 2.65. The van der Waals surface area contributed by atoms with E-state index in [1.54, 1.807) is 18.4 Å². The molecule has 0 spiro atoms. The van der Waals surface area contributed by atoms with E-state index in [2.05, 4.69) is 64.8 Å². The summed E-state index contributed by atoms with van der Waals surface area (Å²) >= 11 is 1.62. The molecule has 1 amide bonds. The van der Waals surface area contributed by atoms with Crippen LogP contribution in [0.4, 0.5) is 0 Å². The highest BCUT2D eigenvalue weighted by Gasteiger charge is 2.30. The second-order valence-corrected chi connectivity index (χ2v) is 7.99. The molecule has 1 aromatic heterocycles. The van der Waals surface area contributed by atoms with Crippen LogP contribution in [0.25, 0.3) is 10.1 Å². The van der Waals surface area contributed by atoms with Gasteiger partial charge in [-0.15, -0.1) is 11.3 Å². The van der Waals surface area contributed by atoms with Gasteiger partial charge in [0.1, 0.15) is 0 Å². The van der Waals surface area contributed by atoms with Crippen LogP contribution in [0.3, 0.4) is 0 Å². The molecule has 1 aliphatic rings. The van der Waals surface area contributed by atoms with E-state index in [1.807, 2.05) is 0 Å². The van der Waals surface area contributed by atoms with Gasteiger partial charge in [-0.05, 0) is 42.0 Å². The fraction of sp³-hybridized carbons (Fsp3) is 0.318. The SMILES string of the molecule is CNC(=O)c1sc2ccccc2c1C1CCN(CCc2ccccc2)C1. The highest BCUT2D eigenvalue weighted by atomic mass is 32.1. The first kappa shape index (κ1) is 17.3. The van der Waals surface area contributed by atoms with E-state index >= 15 is 0 Å². The highest BCUT2D eigenvalue weighted by Crippen LogP contribution is 2.40. The van der Waals surface area contributed by atoms with Crippen LogP contribution in [-0.2, 0) is 6.42 Å². The normalized spacial score (nSPS) is 17.7. The summed E-state index contributed by atoms with van der Waals surface area (Å²) in [6, 6.07) is 19.1. The minimum Gasteiger partial charge on any atom is -0.354 e. The lowest BCUT2D eigenvalue weighted by atomic mass is 9.95. The van der Waals surface area contributed by atoms with Gasteiger partial charge in [0.05, 0.1) is 4.88 Å². The second kappa shape index (κ2) is 7.60. The number of carbonyl (C=O) groups excluding carboxylic acids is 1. The average molecular weight is 365 g/mol. The summed E-state index contributed by atoms with van der Waals surface area (Å²) in [4.78, 5) is 15.9. The third-order valence-electron chi connectivity index (χ3n) is 5.31. The number of nitrogens with zero attached hydrogens (tertiary/aromatic N) is 1. The molecule has 26 heavy (non-hydrogen) atoms. The predicted molar refractivity (Wildman–Crippen MR) is 109 cm³/mol. The van der Waals surface area contributed by atoms with E-state index in [0.29, 0.717) is 5.92 Å². The van der Waals surface area contributed by atoms with Gasteiger partial charge in [0, 0.05) is 30.8 Å². The number of thiophene rings is 1. The highest BCUT2D eigenvalue weighted by molar-refractivity contribution is 7.21. The molecule has 2 heterocycles. The zero-order chi connectivity index (χ0) is 17.9. The molecule has 3 aromatic rings. The van der Waals surface area contributed by atoms with E-state index in [1.165, 1.54) is 21.2 Å². The Morgan fingerprint density at radius 3 is 2.73 bits per heavy atom. The second-order valence-electron chi connectivity index (χ2n) is 6.94. The van der Waals surface area contributed by atoms with Gasteiger partial charge in [-0.25, -0.2) is 0 Å². The molecule has 2 aromatic carbocycles. The Morgan fingerprint density at radius 2 is 1.92 bits per heavy atom. The molecule has 1 saturated heterocycles. The molecule has 4 rings (SSSR count). The van der Waals surface area contributed by atoms with E-state index < -0.39 is 0 Å². The van der Waals surface area contributed by atoms with Crippen LogP contribution in [-0.4, -0.2) is 37.5 Å². The maximum absolute atomic E-state index is 12.4. The number of fused-ring (bicyclic) bond motifs is 1. The molecule has 0 saturated carbocycles. The lowest BCUT2D eigenvalue weighted by molar-refractivity contribution is 0.0966. The van der Waals surface area contributed by atoms with Crippen LogP contribution in [0.15, 0.2) is 54.6 Å². The molecule has 1 fully saturated rings. The van der Waals surface area contributed by atoms with Crippen LogP contribution < -0.4 is 5.32 Å². The summed E-state index contributed by atoms with van der Waals surface area (Å²) in [5, 5.41) is 4.08. The van der Waals surface area contributed by atoms with Crippen molar-refractivity contribution >= 4 is 27.3 Å². The maximum atomic E-state index is 12.4. The van der Waals surface area contributed by atoms with Crippen LogP contribution in [0.5, 0.6) is 0 Å². The van der Waals surface area contributed by atoms with Crippen LogP contribution in [0.1, 0.15) is 33.1 Å². The maximum Gasteiger partial charge on any atom is 0.261 e. The monoisotopic (exact) mass is 364 g/mol. The molecule has 4 heteroatoms. The lowest BCUT2D eigenvalue weighted by Gasteiger charge is -2.16. The Morgan fingerprint density at radius 1 is 1.15 bits per heavy atom. The van der Waals surface area contributed by atoms with Crippen molar-refractivity contribution in [2.75, 3.05) is 26.7 Å². The zero-order valence-corrected chi connectivity index (χ0v) is 15.9. The van der Waals surface area contributed by atoms with Gasteiger partial charge in [-0.2, -0.15) is 0 Å². The van der Waals surface area contributed by atoms with Gasteiger partial charge < -0.3 is 10.2 Å². The minimum absolute atomic E-state index is 0.0453. The van der Waals surface area contributed by atoms with Crippen molar-refractivity contribution < 1.29 is 4.79 Å². The topological polar surface area (TPSA) is 32.3 Å². The zero-order valence-electron chi connectivity index (χ0n) is 15.1. The standard InChI is InChI=1S/C22H24N2OS/c1-23-22(25)21-20(18-9-5-6-10-19(18)26-21)17-12-14-24(15-17)13-11-16-7-3-2-4-8-16/h2-10,17H,11-15H2,1H3,(H,23,25). The largest absolute Gasteiger partial charge is 0.354 e. The van der Waals surface area contributed by atoms with Crippen molar-refractivity contribution in [2.45, 2.75) is 18.8 Å². The number of likely N-dealkylation sites (tertiary alicyclic amines) is 1. The molecule has 0 aliphatic carbocycles. The quantitative estimate of drug-likeness (QED) is 0.732. The predicted octanol–water partition coefficient (Wildman–Crippen LogP) is 4.29. The molecule has 1 atom stereocenters. The number of hydrogen-bond donors (Lipinski definition) is 1. The number of hydrogen-bond acceptors (Lipinski definition) is 3. The van der Waals surface area contributed by atoms with Crippen molar-refractivity contribution in [1.29, 1.82) is 0 Å². The molecule has 1 N–H and O–H groups in total. The summed E-state index contributed by atoms with van der Waals surface area (Å²) in [6.07, 6.45) is 2.21. The van der Waals surface area contributed by atoms with E-state index in [9.17, 15) is 4.79 Å². The Balaban J connectivity index is 1.54. The van der Waals surface area contributed by atoms with Gasteiger partial charge in [0.15, 0.2) is 0 Å². The van der Waals surface area contributed by atoms with E-state index in [-0.39, 0.29) is 5.91 Å². The molecule has 0 bridgehead atoms. The van der Waals surface area contributed by atoms with Gasteiger partial charge in [-0.3, -0.25) is 4.79 Å². The molecule has 0 radical (unpaired) electrons. The molecule has 1 aliphatic heterocycles. The Bertz CT molecular complexity index is 903. The fourth-order valence-electron chi connectivity index (χ4n) is 3.96. The number of carbonyl (C=O) groups is 1. The average Bonchev–Trinajstić information content (AvgIpc) is 3.30. The molecule has 1 unspecified atom stereocenters. The summed E-state index contributed by atoms with van der Waals surface area (Å²) in [7, 11) is 1.72. The Hall–Kier alpha value is -2.17. The van der Waals surface area contributed by atoms with E-state index in [4.69, 9.17) is 0 Å². The first-order chi connectivity index (χ1) is 12.8. The van der Waals surface area contributed by atoms with Crippen LogP contribution in [0, 0.1) is 0 Å². The van der Waals surface area contributed by atoms with Gasteiger partial charge >= 0.3 is 0 Å². The van der Waals surface area contributed by atoms with Crippen LogP contribution >= 0.6 is 11.3 Å². The van der Waals surface area contributed by atoms with Crippen molar-refractivity contribution in [3.05, 3.63) is 70.6 Å². The number of benzene rings is 2. The molecular weight excluding hydrogens is 340 g/mol. The number of nitrogens with one attached hydrogen (secondary N) is 1. The summed E-state index contributed by atoms with van der Waals surface area (Å²) < 4.78 is 1.21. The van der Waals surface area contributed by atoms with Crippen molar-refractivity contribution in [2.24, 2.45) is 0 Å². The Kier molecular flexibility index (Phi) is 5.05. The van der Waals surface area contributed by atoms with Crippen LogP contribution in [0.2, 0.25) is 0 Å². The third-order valence-corrected chi connectivity index (χ3v) is 6.49. The van der Waals surface area contributed by atoms with E-state index in [0.717, 1.165) is 37.4 Å². The first-order valence-corrected chi connectivity index (χ1v) is 10.1. The molecule has 3 nitrogen and oxygen atoms in total. The van der Waals surface area contributed by atoms with Crippen molar-refractivity contribution in [3.8, 4) is 0 Å². The lowest BCUT2D eigenvalue weighted by Crippen LogP contribution is -2.24. The Labute approximate surface area is 158 Å². The smallest absolute Gasteiger partial charge is 0.261 e. The third kappa shape index (κ3) is 3.39. The fourth-order valence-corrected chi connectivity index (χ4v) is 5.19. The number of amides is 1. The number of rotatable bonds is 5. The summed E-state index contributed by atoms with van der Waals surface area (Å²) in [6.45, 7) is 3.23. The minimum atomic E-state index is 0.0453. The van der Waals surface area contributed by atoms with Crippen molar-refractivity contribution in [1.82, 2.24) is 10.2 Å². The summed E-state index contributed by atoms with van der Waals surface area (Å²) in [5.74, 6) is 0.484. The van der Waals surface area contributed by atoms with Gasteiger partial charge in [0.2, 0.25) is 0 Å². The van der Waals surface area contributed by atoms with Crippen molar-refractivity contribution in [3.63, 3.8) is 0 Å².